The van der Waals surface area contributed by atoms with Crippen molar-refractivity contribution < 1.29 is 9.53 Å². The molecule has 1 saturated carbocycles. The normalized spacial score (nSPS) is 17.9. The molecule has 0 bridgehead atoms. The van der Waals surface area contributed by atoms with Crippen molar-refractivity contribution in [2.24, 2.45) is 5.41 Å². The summed E-state index contributed by atoms with van der Waals surface area (Å²) in [6, 6.07) is 9.78. The van der Waals surface area contributed by atoms with Crippen LogP contribution in [0.15, 0.2) is 42.0 Å². The van der Waals surface area contributed by atoms with Gasteiger partial charge >= 0.3 is 5.97 Å². The van der Waals surface area contributed by atoms with Crippen molar-refractivity contribution in [3.63, 3.8) is 0 Å². The third-order valence-electron chi connectivity index (χ3n) is 3.79. The van der Waals surface area contributed by atoms with E-state index in [1.807, 2.05) is 30.3 Å². The van der Waals surface area contributed by atoms with Crippen molar-refractivity contribution in [2.75, 3.05) is 0 Å². The summed E-state index contributed by atoms with van der Waals surface area (Å²) in [6.07, 6.45) is 6.05. The number of hydrogen-bond acceptors (Lipinski definition) is 2. The standard InChI is InChI=1S/C17H22O2/c1-17(2)10-8-14(9-11-17)12-16(18)19-13-15-6-4-3-5-7-15/h3-7,12H,8-11,13H2,1-2H3. The number of ether oxygens (including phenoxy) is 1. The van der Waals surface area contributed by atoms with E-state index in [-0.39, 0.29) is 5.97 Å². The van der Waals surface area contributed by atoms with Crippen LogP contribution in [-0.2, 0) is 16.1 Å². The van der Waals surface area contributed by atoms with Gasteiger partial charge in [0, 0.05) is 6.08 Å². The molecule has 0 radical (unpaired) electrons. The Morgan fingerprint density at radius 2 is 1.84 bits per heavy atom. The van der Waals surface area contributed by atoms with Crippen LogP contribution >= 0.6 is 0 Å². The van der Waals surface area contributed by atoms with E-state index in [1.165, 1.54) is 5.57 Å². The van der Waals surface area contributed by atoms with Gasteiger partial charge in [0.25, 0.3) is 0 Å². The van der Waals surface area contributed by atoms with E-state index in [4.69, 9.17) is 4.74 Å². The van der Waals surface area contributed by atoms with Gasteiger partial charge in [0.05, 0.1) is 0 Å². The summed E-state index contributed by atoms with van der Waals surface area (Å²) < 4.78 is 5.27. The molecule has 0 N–H and O–H groups in total. The first-order valence-corrected chi connectivity index (χ1v) is 6.95. The van der Waals surface area contributed by atoms with Crippen LogP contribution in [-0.4, -0.2) is 5.97 Å². The van der Waals surface area contributed by atoms with E-state index < -0.39 is 0 Å². The van der Waals surface area contributed by atoms with Gasteiger partial charge in [-0.15, -0.1) is 0 Å². The van der Waals surface area contributed by atoms with Crippen molar-refractivity contribution in [3.8, 4) is 0 Å². The summed E-state index contributed by atoms with van der Waals surface area (Å²) in [5, 5.41) is 0. The van der Waals surface area contributed by atoms with E-state index in [1.54, 1.807) is 6.08 Å². The zero-order valence-electron chi connectivity index (χ0n) is 11.8. The molecule has 1 aliphatic carbocycles. The zero-order chi connectivity index (χ0) is 13.7. The highest BCUT2D eigenvalue weighted by atomic mass is 16.5. The van der Waals surface area contributed by atoms with Crippen LogP contribution in [0, 0.1) is 5.41 Å². The Kier molecular flexibility index (Phi) is 4.41. The fraction of sp³-hybridized carbons (Fsp3) is 0.471. The van der Waals surface area contributed by atoms with E-state index >= 15 is 0 Å². The van der Waals surface area contributed by atoms with Crippen LogP contribution < -0.4 is 0 Å². The molecule has 0 spiro atoms. The van der Waals surface area contributed by atoms with Crippen LogP contribution in [0.25, 0.3) is 0 Å². The molecule has 0 aliphatic heterocycles. The molecule has 2 rings (SSSR count). The fourth-order valence-corrected chi connectivity index (χ4v) is 2.33. The fourth-order valence-electron chi connectivity index (χ4n) is 2.33. The predicted octanol–water partition coefficient (Wildman–Crippen LogP) is 4.26. The third kappa shape index (κ3) is 4.55. The molecule has 1 aromatic rings. The zero-order valence-corrected chi connectivity index (χ0v) is 11.8. The Hall–Kier alpha value is -1.57. The van der Waals surface area contributed by atoms with E-state index in [9.17, 15) is 4.79 Å². The Morgan fingerprint density at radius 1 is 1.21 bits per heavy atom. The maximum absolute atomic E-state index is 11.7. The van der Waals surface area contributed by atoms with Gasteiger partial charge in [-0.05, 0) is 36.7 Å². The minimum atomic E-state index is -0.210. The highest BCUT2D eigenvalue weighted by Gasteiger charge is 2.23. The first-order valence-electron chi connectivity index (χ1n) is 6.95. The van der Waals surface area contributed by atoms with Crippen LogP contribution in [0.4, 0.5) is 0 Å². The lowest BCUT2D eigenvalue weighted by atomic mass is 9.75. The van der Waals surface area contributed by atoms with Crippen molar-refractivity contribution in [2.45, 2.75) is 46.1 Å². The molecule has 102 valence electrons. The summed E-state index contributed by atoms with van der Waals surface area (Å²) in [7, 11) is 0. The number of hydrogen-bond donors (Lipinski definition) is 0. The first-order chi connectivity index (χ1) is 9.05. The van der Waals surface area contributed by atoms with Crippen molar-refractivity contribution in [1.29, 1.82) is 0 Å². The summed E-state index contributed by atoms with van der Waals surface area (Å²) in [5.74, 6) is -0.210. The minimum Gasteiger partial charge on any atom is -0.458 e. The van der Waals surface area contributed by atoms with Crippen molar-refractivity contribution >= 4 is 5.97 Å². The molecule has 19 heavy (non-hydrogen) atoms. The summed E-state index contributed by atoms with van der Waals surface area (Å²) >= 11 is 0. The Morgan fingerprint density at radius 3 is 2.47 bits per heavy atom. The molecule has 0 amide bonds. The quantitative estimate of drug-likeness (QED) is 0.598. The SMILES string of the molecule is CC1(C)CCC(=CC(=O)OCc2ccccc2)CC1. The van der Waals surface area contributed by atoms with Crippen LogP contribution in [0.2, 0.25) is 0 Å². The number of allylic oxidation sites excluding steroid dienone is 1. The molecule has 0 aromatic heterocycles. The molecule has 2 nitrogen and oxygen atoms in total. The molecule has 1 fully saturated rings. The summed E-state index contributed by atoms with van der Waals surface area (Å²) in [5.41, 5.74) is 2.68. The first kappa shape index (κ1) is 13.9. The number of carbonyl (C=O) groups excluding carboxylic acids is 1. The second-order valence-corrected chi connectivity index (χ2v) is 6.06. The third-order valence-corrected chi connectivity index (χ3v) is 3.79. The minimum absolute atomic E-state index is 0.210. The largest absolute Gasteiger partial charge is 0.458 e. The molecule has 2 heteroatoms. The monoisotopic (exact) mass is 258 g/mol. The molecule has 1 aliphatic rings. The smallest absolute Gasteiger partial charge is 0.331 e. The lowest BCUT2D eigenvalue weighted by molar-refractivity contribution is -0.139. The van der Waals surface area contributed by atoms with E-state index in [2.05, 4.69) is 13.8 Å². The molecule has 0 unspecified atom stereocenters. The van der Waals surface area contributed by atoms with Crippen molar-refractivity contribution in [1.82, 2.24) is 0 Å². The van der Waals surface area contributed by atoms with Crippen LogP contribution in [0.1, 0.15) is 45.1 Å². The van der Waals surface area contributed by atoms with Crippen LogP contribution in [0.3, 0.4) is 0 Å². The average Bonchev–Trinajstić information content (AvgIpc) is 2.40. The molecule has 0 saturated heterocycles. The second kappa shape index (κ2) is 6.05. The van der Waals surface area contributed by atoms with Gasteiger partial charge in [-0.2, -0.15) is 0 Å². The lowest BCUT2D eigenvalue weighted by Crippen LogP contribution is -2.17. The highest BCUT2D eigenvalue weighted by Crippen LogP contribution is 2.37. The summed E-state index contributed by atoms with van der Waals surface area (Å²) in [6.45, 7) is 4.93. The molecule has 1 aromatic carbocycles. The van der Waals surface area contributed by atoms with Gasteiger partial charge in [0.2, 0.25) is 0 Å². The average molecular weight is 258 g/mol. The number of benzene rings is 1. The Labute approximate surface area is 115 Å². The summed E-state index contributed by atoms with van der Waals surface area (Å²) in [4.78, 5) is 11.7. The number of esters is 1. The van der Waals surface area contributed by atoms with Gasteiger partial charge in [-0.3, -0.25) is 0 Å². The lowest BCUT2D eigenvalue weighted by Gasteiger charge is -2.30. The van der Waals surface area contributed by atoms with Gasteiger partial charge in [0.1, 0.15) is 6.61 Å². The number of carbonyl (C=O) groups is 1. The van der Waals surface area contributed by atoms with Crippen molar-refractivity contribution in [3.05, 3.63) is 47.5 Å². The van der Waals surface area contributed by atoms with Gasteiger partial charge < -0.3 is 4.74 Å². The Bertz CT molecular complexity index is 445. The van der Waals surface area contributed by atoms with Gasteiger partial charge in [-0.25, -0.2) is 4.79 Å². The maximum Gasteiger partial charge on any atom is 0.331 e. The topological polar surface area (TPSA) is 26.3 Å². The highest BCUT2D eigenvalue weighted by molar-refractivity contribution is 5.82. The molecular weight excluding hydrogens is 236 g/mol. The second-order valence-electron chi connectivity index (χ2n) is 6.06. The van der Waals surface area contributed by atoms with Gasteiger partial charge in [-0.1, -0.05) is 49.8 Å². The van der Waals surface area contributed by atoms with Crippen LogP contribution in [0.5, 0.6) is 0 Å². The predicted molar refractivity (Wildman–Crippen MR) is 76.6 cm³/mol. The Balaban J connectivity index is 1.81. The van der Waals surface area contributed by atoms with E-state index in [0.29, 0.717) is 12.0 Å². The van der Waals surface area contributed by atoms with E-state index in [0.717, 1.165) is 31.2 Å². The molecule has 0 heterocycles. The maximum atomic E-state index is 11.7. The number of rotatable bonds is 3. The molecular formula is C17H22O2. The molecule has 0 atom stereocenters. The van der Waals surface area contributed by atoms with Gasteiger partial charge in [0.15, 0.2) is 0 Å².